The minimum absolute atomic E-state index is 0.00417. The summed E-state index contributed by atoms with van der Waals surface area (Å²) in [6, 6.07) is 1.43. The lowest BCUT2D eigenvalue weighted by atomic mass is 9.96. The van der Waals surface area contributed by atoms with E-state index in [1.807, 2.05) is 6.92 Å². The fraction of sp³-hybridized carbons (Fsp3) is 0.923. The lowest BCUT2D eigenvalue weighted by Crippen LogP contribution is -2.54. The molecule has 2 rings (SSSR count). The Bertz CT molecular complexity index is 253. The molecule has 92 valence electrons. The molecule has 0 aromatic heterocycles. The number of likely N-dealkylation sites (tertiary alicyclic amines) is 1. The topological polar surface area (TPSA) is 32.3 Å². The predicted molar refractivity (Wildman–Crippen MR) is 65.2 cm³/mol. The highest BCUT2D eigenvalue weighted by Crippen LogP contribution is 2.24. The van der Waals surface area contributed by atoms with Crippen molar-refractivity contribution in [3.8, 4) is 0 Å². The first-order valence-corrected chi connectivity index (χ1v) is 6.68. The minimum Gasteiger partial charge on any atom is -0.336 e. The van der Waals surface area contributed by atoms with Crippen LogP contribution in [0.25, 0.3) is 0 Å². The normalized spacial score (nSPS) is 32.6. The van der Waals surface area contributed by atoms with E-state index < -0.39 is 0 Å². The van der Waals surface area contributed by atoms with E-state index in [4.69, 9.17) is 0 Å². The van der Waals surface area contributed by atoms with Crippen LogP contribution in [0.4, 0.5) is 0 Å². The quantitative estimate of drug-likeness (QED) is 0.794. The molecule has 1 saturated carbocycles. The second-order valence-corrected chi connectivity index (χ2v) is 5.54. The lowest BCUT2D eigenvalue weighted by Gasteiger charge is -2.40. The van der Waals surface area contributed by atoms with Gasteiger partial charge in [-0.15, -0.1) is 0 Å². The number of nitrogens with zero attached hydrogens (tertiary/aromatic N) is 1. The molecule has 0 radical (unpaired) electrons. The number of rotatable bonds is 3. The minimum atomic E-state index is -0.00417. The maximum atomic E-state index is 12.3. The van der Waals surface area contributed by atoms with Crippen LogP contribution in [0.3, 0.4) is 0 Å². The standard InChI is InChI=1S/C13H24N2O/c1-9-5-4-6-10(2)15(9)13(16)11(3)14-12-7-8-12/h9-12,14H,4-8H2,1-3H3. The highest BCUT2D eigenvalue weighted by atomic mass is 16.2. The Kier molecular flexibility index (Phi) is 3.53. The van der Waals surface area contributed by atoms with E-state index in [9.17, 15) is 4.79 Å². The number of hydrogen-bond donors (Lipinski definition) is 1. The van der Waals surface area contributed by atoms with E-state index in [0.29, 0.717) is 24.0 Å². The Balaban J connectivity index is 1.94. The summed E-state index contributed by atoms with van der Waals surface area (Å²) in [5.41, 5.74) is 0. The first-order chi connectivity index (χ1) is 7.59. The Morgan fingerprint density at radius 1 is 1.19 bits per heavy atom. The average Bonchev–Trinajstić information content (AvgIpc) is 3.01. The maximum absolute atomic E-state index is 12.3. The second-order valence-electron chi connectivity index (χ2n) is 5.54. The molecule has 0 aromatic rings. The van der Waals surface area contributed by atoms with Crippen molar-refractivity contribution in [2.75, 3.05) is 0 Å². The van der Waals surface area contributed by atoms with E-state index in [-0.39, 0.29) is 6.04 Å². The molecule has 2 fully saturated rings. The van der Waals surface area contributed by atoms with E-state index in [1.54, 1.807) is 0 Å². The molecule has 3 atom stereocenters. The molecular weight excluding hydrogens is 200 g/mol. The SMILES string of the molecule is CC(NC1CC1)C(=O)N1C(C)CCCC1C. The molecular formula is C13H24N2O. The van der Waals surface area contributed by atoms with E-state index in [2.05, 4.69) is 24.1 Å². The van der Waals surface area contributed by atoms with Crippen LogP contribution in [0.15, 0.2) is 0 Å². The van der Waals surface area contributed by atoms with Gasteiger partial charge in [-0.05, 0) is 52.9 Å². The summed E-state index contributed by atoms with van der Waals surface area (Å²) in [4.78, 5) is 14.4. The van der Waals surface area contributed by atoms with Gasteiger partial charge < -0.3 is 10.2 Å². The van der Waals surface area contributed by atoms with Crippen LogP contribution in [-0.4, -0.2) is 35.0 Å². The molecule has 3 nitrogen and oxygen atoms in total. The van der Waals surface area contributed by atoms with Gasteiger partial charge in [0.25, 0.3) is 0 Å². The predicted octanol–water partition coefficient (Wildman–Crippen LogP) is 1.92. The molecule has 16 heavy (non-hydrogen) atoms. The van der Waals surface area contributed by atoms with Crippen LogP contribution in [0.1, 0.15) is 52.9 Å². The van der Waals surface area contributed by atoms with Gasteiger partial charge in [0.1, 0.15) is 0 Å². The highest BCUT2D eigenvalue weighted by Gasteiger charge is 2.33. The molecule has 2 aliphatic rings. The van der Waals surface area contributed by atoms with Gasteiger partial charge in [-0.1, -0.05) is 0 Å². The molecule has 0 spiro atoms. The summed E-state index contributed by atoms with van der Waals surface area (Å²) in [5, 5.41) is 3.40. The number of carbonyl (C=O) groups excluding carboxylic acids is 1. The summed E-state index contributed by atoms with van der Waals surface area (Å²) in [6.07, 6.45) is 6.06. The zero-order valence-corrected chi connectivity index (χ0v) is 10.7. The first-order valence-electron chi connectivity index (χ1n) is 6.68. The van der Waals surface area contributed by atoms with Crippen LogP contribution < -0.4 is 5.32 Å². The maximum Gasteiger partial charge on any atom is 0.239 e. The van der Waals surface area contributed by atoms with E-state index in [0.717, 1.165) is 12.8 Å². The van der Waals surface area contributed by atoms with Gasteiger partial charge in [-0.25, -0.2) is 0 Å². The summed E-state index contributed by atoms with van der Waals surface area (Å²) in [6.45, 7) is 6.36. The van der Waals surface area contributed by atoms with Gasteiger partial charge in [-0.2, -0.15) is 0 Å². The second kappa shape index (κ2) is 4.74. The van der Waals surface area contributed by atoms with Crippen molar-refractivity contribution in [1.29, 1.82) is 0 Å². The smallest absolute Gasteiger partial charge is 0.239 e. The van der Waals surface area contributed by atoms with Gasteiger partial charge in [-0.3, -0.25) is 4.79 Å². The highest BCUT2D eigenvalue weighted by molar-refractivity contribution is 5.82. The molecule has 3 heteroatoms. The van der Waals surface area contributed by atoms with Gasteiger partial charge in [0.2, 0.25) is 5.91 Å². The van der Waals surface area contributed by atoms with Crippen molar-refractivity contribution >= 4 is 5.91 Å². The van der Waals surface area contributed by atoms with Crippen LogP contribution >= 0.6 is 0 Å². The number of nitrogens with one attached hydrogen (secondary N) is 1. The van der Waals surface area contributed by atoms with Crippen LogP contribution in [-0.2, 0) is 4.79 Å². The molecule has 0 bridgehead atoms. The fourth-order valence-electron chi connectivity index (χ4n) is 2.75. The number of piperidine rings is 1. The van der Waals surface area contributed by atoms with Crippen molar-refractivity contribution < 1.29 is 4.79 Å². The van der Waals surface area contributed by atoms with Crippen LogP contribution in [0.5, 0.6) is 0 Å². The van der Waals surface area contributed by atoms with Crippen molar-refractivity contribution in [1.82, 2.24) is 10.2 Å². The first kappa shape index (κ1) is 11.9. The van der Waals surface area contributed by atoms with Gasteiger partial charge in [0, 0.05) is 18.1 Å². The molecule has 3 unspecified atom stereocenters. The Morgan fingerprint density at radius 2 is 1.75 bits per heavy atom. The number of carbonyl (C=O) groups is 1. The average molecular weight is 224 g/mol. The van der Waals surface area contributed by atoms with Crippen molar-refractivity contribution in [2.45, 2.75) is 77.0 Å². The fourth-order valence-corrected chi connectivity index (χ4v) is 2.75. The molecule has 1 N–H and O–H groups in total. The lowest BCUT2D eigenvalue weighted by molar-refractivity contribution is -0.139. The largest absolute Gasteiger partial charge is 0.336 e. The summed E-state index contributed by atoms with van der Waals surface area (Å²) in [7, 11) is 0. The zero-order chi connectivity index (χ0) is 11.7. The molecule has 1 heterocycles. The molecule has 1 aliphatic heterocycles. The Morgan fingerprint density at radius 3 is 2.25 bits per heavy atom. The van der Waals surface area contributed by atoms with E-state index >= 15 is 0 Å². The third-order valence-electron chi connectivity index (χ3n) is 3.88. The number of amides is 1. The Labute approximate surface area is 98.6 Å². The molecule has 1 aliphatic carbocycles. The molecule has 0 aromatic carbocycles. The zero-order valence-electron chi connectivity index (χ0n) is 10.7. The third kappa shape index (κ3) is 2.57. The molecule has 1 amide bonds. The monoisotopic (exact) mass is 224 g/mol. The summed E-state index contributed by atoms with van der Waals surface area (Å²) >= 11 is 0. The van der Waals surface area contributed by atoms with Crippen LogP contribution in [0, 0.1) is 0 Å². The Hall–Kier alpha value is -0.570. The van der Waals surface area contributed by atoms with Crippen molar-refractivity contribution in [3.05, 3.63) is 0 Å². The van der Waals surface area contributed by atoms with E-state index in [1.165, 1.54) is 19.3 Å². The van der Waals surface area contributed by atoms with Gasteiger partial charge in [0.15, 0.2) is 0 Å². The van der Waals surface area contributed by atoms with Crippen molar-refractivity contribution in [2.24, 2.45) is 0 Å². The summed E-state index contributed by atoms with van der Waals surface area (Å²) < 4.78 is 0. The third-order valence-corrected chi connectivity index (χ3v) is 3.88. The van der Waals surface area contributed by atoms with Crippen molar-refractivity contribution in [3.63, 3.8) is 0 Å². The number of hydrogen-bond acceptors (Lipinski definition) is 2. The van der Waals surface area contributed by atoms with Gasteiger partial charge in [0.05, 0.1) is 6.04 Å². The summed E-state index contributed by atoms with van der Waals surface area (Å²) in [5.74, 6) is 0.298. The van der Waals surface area contributed by atoms with Gasteiger partial charge >= 0.3 is 0 Å². The van der Waals surface area contributed by atoms with Crippen LogP contribution in [0.2, 0.25) is 0 Å². The molecule has 1 saturated heterocycles.